The fourth-order valence-electron chi connectivity index (χ4n) is 3.13. The number of H-pyrrole nitrogens is 1. The minimum Gasteiger partial charge on any atom is -0.481 e. The van der Waals surface area contributed by atoms with Gasteiger partial charge in [-0.15, -0.1) is 0 Å². The van der Waals surface area contributed by atoms with Crippen molar-refractivity contribution in [2.75, 3.05) is 0 Å². The first-order chi connectivity index (χ1) is 10.9. The van der Waals surface area contributed by atoms with Crippen molar-refractivity contribution in [1.82, 2.24) is 20.5 Å². The van der Waals surface area contributed by atoms with Gasteiger partial charge in [-0.3, -0.25) is 14.7 Å². The molecule has 0 saturated heterocycles. The highest BCUT2D eigenvalue weighted by molar-refractivity contribution is 5.92. The van der Waals surface area contributed by atoms with Crippen molar-refractivity contribution >= 4 is 11.9 Å². The van der Waals surface area contributed by atoms with Gasteiger partial charge in [0.15, 0.2) is 5.82 Å². The average Bonchev–Trinajstić information content (AvgIpc) is 2.89. The molecule has 7 heteroatoms. The number of nitrogens with one attached hydrogen (secondary N) is 2. The molecule has 2 aromatic rings. The Labute approximate surface area is 133 Å². The lowest BCUT2D eigenvalue weighted by Gasteiger charge is -2.17. The van der Waals surface area contributed by atoms with Crippen LogP contribution in [0, 0.1) is 17.3 Å². The molecule has 0 bridgehead atoms. The number of carboxylic acids is 1. The number of carbonyl (C=O) groups excluding carboxylic acids is 1. The van der Waals surface area contributed by atoms with E-state index in [-0.39, 0.29) is 5.91 Å². The van der Waals surface area contributed by atoms with Crippen LogP contribution in [-0.4, -0.2) is 32.2 Å². The number of rotatable bonds is 5. The topological polar surface area (TPSA) is 108 Å². The lowest BCUT2D eigenvalue weighted by molar-refractivity contribution is -0.140. The molecule has 1 aliphatic carbocycles. The molecular weight excluding hydrogens is 296 g/mol. The van der Waals surface area contributed by atoms with Crippen LogP contribution in [0.15, 0.2) is 36.7 Å². The van der Waals surface area contributed by atoms with Crippen LogP contribution < -0.4 is 5.32 Å². The minimum absolute atomic E-state index is 0.285. The van der Waals surface area contributed by atoms with E-state index in [9.17, 15) is 14.7 Å². The molecule has 1 amide bonds. The second-order valence-electron chi connectivity index (χ2n) is 6.34. The Hall–Kier alpha value is -2.70. The number of hydrogen-bond donors (Lipinski definition) is 3. The predicted molar refractivity (Wildman–Crippen MR) is 81.2 cm³/mol. The van der Waals surface area contributed by atoms with Gasteiger partial charge in [-0.25, -0.2) is 4.98 Å². The van der Waals surface area contributed by atoms with Gasteiger partial charge in [0.25, 0.3) is 0 Å². The Morgan fingerprint density at radius 2 is 1.96 bits per heavy atom. The van der Waals surface area contributed by atoms with Crippen molar-refractivity contribution in [3.05, 3.63) is 48.0 Å². The average molecular weight is 314 g/mol. The fourth-order valence-corrected chi connectivity index (χ4v) is 3.13. The summed E-state index contributed by atoms with van der Waals surface area (Å²) in [4.78, 5) is 28.0. The van der Waals surface area contributed by atoms with E-state index < -0.39 is 29.3 Å². The molecule has 120 valence electrons. The van der Waals surface area contributed by atoms with E-state index >= 15 is 0 Å². The molecule has 1 unspecified atom stereocenters. The first-order valence-electron chi connectivity index (χ1n) is 7.36. The number of amides is 1. The second-order valence-corrected chi connectivity index (χ2v) is 6.34. The van der Waals surface area contributed by atoms with Gasteiger partial charge < -0.3 is 10.4 Å². The maximum absolute atomic E-state index is 12.6. The van der Waals surface area contributed by atoms with Crippen LogP contribution in [0.4, 0.5) is 0 Å². The van der Waals surface area contributed by atoms with E-state index in [2.05, 4.69) is 20.5 Å². The minimum atomic E-state index is -0.939. The third kappa shape index (κ3) is 2.69. The van der Waals surface area contributed by atoms with Crippen LogP contribution in [0.5, 0.6) is 0 Å². The Morgan fingerprint density at radius 1 is 1.26 bits per heavy atom. The van der Waals surface area contributed by atoms with E-state index in [1.165, 1.54) is 6.33 Å². The number of carboxylic acid groups (broad SMARTS) is 1. The summed E-state index contributed by atoms with van der Waals surface area (Å²) >= 11 is 0. The van der Waals surface area contributed by atoms with Gasteiger partial charge in [0, 0.05) is 0 Å². The van der Waals surface area contributed by atoms with Gasteiger partial charge in [-0.2, -0.15) is 5.10 Å². The molecule has 3 rings (SSSR count). The number of carbonyl (C=O) groups is 2. The zero-order chi connectivity index (χ0) is 16.6. The summed E-state index contributed by atoms with van der Waals surface area (Å²) in [5, 5.41) is 18.7. The van der Waals surface area contributed by atoms with E-state index in [0.717, 1.165) is 5.56 Å². The molecule has 23 heavy (non-hydrogen) atoms. The van der Waals surface area contributed by atoms with Gasteiger partial charge in [0.1, 0.15) is 12.4 Å². The summed E-state index contributed by atoms with van der Waals surface area (Å²) in [6.45, 7) is 3.59. The normalized spacial score (nSPS) is 23.0. The van der Waals surface area contributed by atoms with E-state index in [1.54, 1.807) is 13.8 Å². The van der Waals surface area contributed by atoms with Crippen LogP contribution in [-0.2, 0) is 9.59 Å². The van der Waals surface area contributed by atoms with Gasteiger partial charge in [-0.1, -0.05) is 44.2 Å². The van der Waals surface area contributed by atoms with Gasteiger partial charge in [-0.05, 0) is 11.0 Å². The molecule has 3 N–H and O–H groups in total. The summed E-state index contributed by atoms with van der Waals surface area (Å²) in [7, 11) is 0. The number of aromatic nitrogens is 3. The monoisotopic (exact) mass is 314 g/mol. The van der Waals surface area contributed by atoms with Crippen molar-refractivity contribution in [3.63, 3.8) is 0 Å². The fraction of sp³-hybridized carbons (Fsp3) is 0.375. The quantitative estimate of drug-likeness (QED) is 0.772. The maximum atomic E-state index is 12.6. The van der Waals surface area contributed by atoms with Crippen LogP contribution in [0.1, 0.15) is 31.3 Å². The Morgan fingerprint density at radius 3 is 2.48 bits per heavy atom. The van der Waals surface area contributed by atoms with Crippen LogP contribution in [0.3, 0.4) is 0 Å². The molecule has 0 radical (unpaired) electrons. The number of aromatic amines is 1. The standard InChI is InChI=1S/C16H18N4O3/c1-16(2)10(11(16)15(22)23)14(21)19-12(13-17-8-18-20-13)9-6-4-3-5-7-9/h3-8,10-12H,1-2H3,(H,19,21)(H,22,23)(H,17,18,20)/t10-,11+,12?/m1/s1. The molecule has 7 nitrogen and oxygen atoms in total. The third-order valence-corrected chi connectivity index (χ3v) is 4.50. The van der Waals surface area contributed by atoms with Crippen molar-refractivity contribution in [2.45, 2.75) is 19.9 Å². The van der Waals surface area contributed by atoms with Crippen LogP contribution >= 0.6 is 0 Å². The molecule has 1 aromatic heterocycles. The van der Waals surface area contributed by atoms with E-state index in [1.807, 2.05) is 30.3 Å². The van der Waals surface area contributed by atoms with Crippen molar-refractivity contribution in [1.29, 1.82) is 0 Å². The summed E-state index contributed by atoms with van der Waals surface area (Å²) in [6, 6.07) is 8.88. The number of hydrogen-bond acceptors (Lipinski definition) is 4. The van der Waals surface area contributed by atoms with Crippen molar-refractivity contribution < 1.29 is 14.7 Å². The van der Waals surface area contributed by atoms with E-state index in [4.69, 9.17) is 0 Å². The van der Waals surface area contributed by atoms with Gasteiger partial charge in [0.05, 0.1) is 11.8 Å². The Kier molecular flexibility index (Phi) is 3.63. The molecule has 3 atom stereocenters. The first kappa shape index (κ1) is 15.2. The third-order valence-electron chi connectivity index (χ3n) is 4.50. The number of benzene rings is 1. The Balaban J connectivity index is 1.83. The van der Waals surface area contributed by atoms with Crippen molar-refractivity contribution in [3.8, 4) is 0 Å². The first-order valence-corrected chi connectivity index (χ1v) is 7.36. The molecule has 1 saturated carbocycles. The second kappa shape index (κ2) is 5.49. The summed E-state index contributed by atoms with van der Waals surface area (Å²) in [5.74, 6) is -1.92. The predicted octanol–water partition coefficient (Wildman–Crippen LogP) is 1.37. The lowest BCUT2D eigenvalue weighted by atomic mass is 10.0. The molecule has 1 heterocycles. The lowest BCUT2D eigenvalue weighted by Crippen LogP contribution is -2.32. The smallest absolute Gasteiger partial charge is 0.307 e. The van der Waals surface area contributed by atoms with Crippen LogP contribution in [0.2, 0.25) is 0 Å². The maximum Gasteiger partial charge on any atom is 0.307 e. The molecule has 0 aliphatic heterocycles. The van der Waals surface area contributed by atoms with Crippen LogP contribution in [0.25, 0.3) is 0 Å². The zero-order valence-corrected chi connectivity index (χ0v) is 12.9. The van der Waals surface area contributed by atoms with Gasteiger partial charge in [0.2, 0.25) is 5.91 Å². The molecule has 1 fully saturated rings. The summed E-state index contributed by atoms with van der Waals surface area (Å²) in [5.41, 5.74) is 0.307. The number of nitrogens with zero attached hydrogens (tertiary/aromatic N) is 2. The highest BCUT2D eigenvalue weighted by Crippen LogP contribution is 2.58. The van der Waals surface area contributed by atoms with Crippen molar-refractivity contribution in [2.24, 2.45) is 17.3 Å². The zero-order valence-electron chi connectivity index (χ0n) is 12.9. The largest absolute Gasteiger partial charge is 0.481 e. The van der Waals surface area contributed by atoms with E-state index in [0.29, 0.717) is 5.82 Å². The Bertz CT molecular complexity index is 712. The van der Waals surface area contributed by atoms with Gasteiger partial charge >= 0.3 is 5.97 Å². The molecular formula is C16H18N4O3. The molecule has 0 spiro atoms. The molecule has 1 aromatic carbocycles. The highest BCUT2D eigenvalue weighted by atomic mass is 16.4. The summed E-state index contributed by atoms with van der Waals surface area (Å²) in [6.07, 6.45) is 1.37. The highest BCUT2D eigenvalue weighted by Gasteiger charge is 2.66. The molecule has 1 aliphatic rings. The summed E-state index contributed by atoms with van der Waals surface area (Å²) < 4.78 is 0. The SMILES string of the molecule is CC1(C)[C@H](C(=O)O)[C@@H]1C(=O)NC(c1ccccc1)c1ncn[nH]1. The number of aliphatic carboxylic acids is 1.